The standard InChI is InChI=1S/C15H19N3O2/c1-11-10-18(9-6-13(11)19)15(20)14-12(4-2-7-16)5-3-8-17-14/h3,5,8,11,13,19H,6-7,9-10,16H2,1H3. The molecule has 1 aromatic rings. The number of likely N-dealkylation sites (tertiary alicyclic amines) is 1. The number of aliphatic hydroxyl groups is 1. The molecule has 5 heteroatoms. The van der Waals surface area contributed by atoms with Gasteiger partial charge in [-0.1, -0.05) is 18.8 Å². The van der Waals surface area contributed by atoms with E-state index in [0.717, 1.165) is 0 Å². The highest BCUT2D eigenvalue weighted by Gasteiger charge is 2.29. The van der Waals surface area contributed by atoms with E-state index in [-0.39, 0.29) is 24.5 Å². The lowest BCUT2D eigenvalue weighted by Crippen LogP contribution is -2.45. The summed E-state index contributed by atoms with van der Waals surface area (Å²) >= 11 is 0. The number of hydrogen-bond donors (Lipinski definition) is 2. The summed E-state index contributed by atoms with van der Waals surface area (Å²) in [6.45, 7) is 3.28. The van der Waals surface area contributed by atoms with E-state index >= 15 is 0 Å². The lowest BCUT2D eigenvalue weighted by Gasteiger charge is -2.34. The predicted molar refractivity (Wildman–Crippen MR) is 75.9 cm³/mol. The van der Waals surface area contributed by atoms with Gasteiger partial charge in [-0.05, 0) is 24.5 Å². The number of carbonyl (C=O) groups is 1. The summed E-state index contributed by atoms with van der Waals surface area (Å²) in [7, 11) is 0. The molecule has 1 aromatic heterocycles. The van der Waals surface area contributed by atoms with Crippen LogP contribution >= 0.6 is 0 Å². The highest BCUT2D eigenvalue weighted by Crippen LogP contribution is 2.19. The maximum atomic E-state index is 12.5. The fraction of sp³-hybridized carbons (Fsp3) is 0.467. The average Bonchev–Trinajstić information content (AvgIpc) is 2.47. The Kier molecular flexibility index (Phi) is 4.72. The van der Waals surface area contributed by atoms with Crippen molar-refractivity contribution in [1.82, 2.24) is 9.88 Å². The third-order valence-electron chi connectivity index (χ3n) is 3.48. The van der Waals surface area contributed by atoms with Crippen molar-refractivity contribution in [3.8, 4) is 11.8 Å². The molecule has 0 spiro atoms. The minimum atomic E-state index is -0.334. The first kappa shape index (κ1) is 14.5. The van der Waals surface area contributed by atoms with Crippen LogP contribution in [0.1, 0.15) is 29.4 Å². The fourth-order valence-corrected chi connectivity index (χ4v) is 2.29. The molecule has 0 saturated carbocycles. The average molecular weight is 273 g/mol. The van der Waals surface area contributed by atoms with Crippen LogP contribution in [-0.2, 0) is 0 Å². The minimum absolute atomic E-state index is 0.0787. The monoisotopic (exact) mass is 273 g/mol. The number of hydrogen-bond acceptors (Lipinski definition) is 4. The molecular formula is C15H19N3O2. The van der Waals surface area contributed by atoms with Crippen LogP contribution in [0.2, 0.25) is 0 Å². The molecule has 2 atom stereocenters. The summed E-state index contributed by atoms with van der Waals surface area (Å²) in [5.41, 5.74) is 6.32. The zero-order valence-electron chi connectivity index (χ0n) is 11.5. The zero-order valence-corrected chi connectivity index (χ0v) is 11.5. The second-order valence-electron chi connectivity index (χ2n) is 4.99. The lowest BCUT2D eigenvalue weighted by molar-refractivity contribution is 0.0294. The minimum Gasteiger partial charge on any atom is -0.393 e. The molecule has 1 fully saturated rings. The second-order valence-corrected chi connectivity index (χ2v) is 4.99. The van der Waals surface area contributed by atoms with Crippen molar-refractivity contribution < 1.29 is 9.90 Å². The number of aromatic nitrogens is 1. The van der Waals surface area contributed by atoms with E-state index in [9.17, 15) is 9.90 Å². The molecule has 2 rings (SSSR count). The van der Waals surface area contributed by atoms with Gasteiger partial charge in [-0.15, -0.1) is 0 Å². The third kappa shape index (κ3) is 3.16. The van der Waals surface area contributed by atoms with E-state index in [1.807, 2.05) is 6.92 Å². The highest BCUT2D eigenvalue weighted by molar-refractivity contribution is 5.94. The van der Waals surface area contributed by atoms with E-state index in [4.69, 9.17) is 5.73 Å². The summed E-state index contributed by atoms with van der Waals surface area (Å²) in [5.74, 6) is 5.57. The van der Waals surface area contributed by atoms with Gasteiger partial charge in [0.2, 0.25) is 0 Å². The molecule has 2 heterocycles. The Balaban J connectivity index is 2.21. The number of amides is 1. The van der Waals surface area contributed by atoms with Crippen LogP contribution in [-0.4, -0.2) is 46.6 Å². The molecule has 106 valence electrons. The largest absolute Gasteiger partial charge is 0.393 e. The zero-order chi connectivity index (χ0) is 14.5. The molecule has 1 amide bonds. The fourth-order valence-electron chi connectivity index (χ4n) is 2.29. The van der Waals surface area contributed by atoms with Crippen molar-refractivity contribution in [2.45, 2.75) is 19.4 Å². The summed E-state index contributed by atoms with van der Waals surface area (Å²) < 4.78 is 0. The first-order valence-corrected chi connectivity index (χ1v) is 6.74. The van der Waals surface area contributed by atoms with Crippen LogP contribution in [0.5, 0.6) is 0 Å². The van der Waals surface area contributed by atoms with E-state index in [2.05, 4.69) is 16.8 Å². The molecule has 2 unspecified atom stereocenters. The highest BCUT2D eigenvalue weighted by atomic mass is 16.3. The van der Waals surface area contributed by atoms with Crippen LogP contribution in [0, 0.1) is 17.8 Å². The Morgan fingerprint density at radius 3 is 3.15 bits per heavy atom. The van der Waals surface area contributed by atoms with Gasteiger partial charge >= 0.3 is 0 Å². The van der Waals surface area contributed by atoms with E-state index in [1.54, 1.807) is 23.2 Å². The summed E-state index contributed by atoms with van der Waals surface area (Å²) in [5, 5.41) is 9.73. The molecule has 5 nitrogen and oxygen atoms in total. The summed E-state index contributed by atoms with van der Waals surface area (Å²) in [6.07, 6.45) is 1.85. The molecule has 20 heavy (non-hydrogen) atoms. The molecular weight excluding hydrogens is 254 g/mol. The van der Waals surface area contributed by atoms with Crippen LogP contribution in [0.4, 0.5) is 0 Å². The molecule has 1 aliphatic heterocycles. The van der Waals surface area contributed by atoms with Gasteiger partial charge in [0.05, 0.1) is 18.2 Å². The number of piperidine rings is 1. The molecule has 0 radical (unpaired) electrons. The van der Waals surface area contributed by atoms with Gasteiger partial charge in [0.25, 0.3) is 5.91 Å². The summed E-state index contributed by atoms with van der Waals surface area (Å²) in [6, 6.07) is 3.52. The topological polar surface area (TPSA) is 79.5 Å². The van der Waals surface area contributed by atoms with Crippen LogP contribution in [0.25, 0.3) is 0 Å². The molecule has 0 aliphatic carbocycles. The molecule has 0 bridgehead atoms. The van der Waals surface area contributed by atoms with Crippen LogP contribution in [0.15, 0.2) is 18.3 Å². The number of pyridine rings is 1. The normalized spacial score (nSPS) is 22.1. The van der Waals surface area contributed by atoms with Gasteiger partial charge in [-0.25, -0.2) is 4.98 Å². The number of aliphatic hydroxyl groups excluding tert-OH is 1. The van der Waals surface area contributed by atoms with Crippen molar-refractivity contribution in [2.24, 2.45) is 11.7 Å². The first-order chi connectivity index (χ1) is 9.63. The SMILES string of the molecule is CC1CN(C(=O)c2ncccc2C#CCN)CCC1O. The lowest BCUT2D eigenvalue weighted by atomic mass is 9.96. The van der Waals surface area contributed by atoms with Crippen molar-refractivity contribution in [1.29, 1.82) is 0 Å². The molecule has 3 N–H and O–H groups in total. The number of carbonyl (C=O) groups excluding carboxylic acids is 1. The van der Waals surface area contributed by atoms with Gasteiger partial charge in [-0.3, -0.25) is 4.79 Å². The number of rotatable bonds is 1. The van der Waals surface area contributed by atoms with E-state index < -0.39 is 0 Å². The van der Waals surface area contributed by atoms with Gasteiger partial charge in [0.1, 0.15) is 5.69 Å². The third-order valence-corrected chi connectivity index (χ3v) is 3.48. The van der Waals surface area contributed by atoms with E-state index in [0.29, 0.717) is 30.8 Å². The van der Waals surface area contributed by atoms with Crippen molar-refractivity contribution in [3.63, 3.8) is 0 Å². The molecule has 1 saturated heterocycles. The van der Waals surface area contributed by atoms with Crippen LogP contribution < -0.4 is 5.73 Å². The smallest absolute Gasteiger partial charge is 0.273 e. The Morgan fingerprint density at radius 2 is 2.45 bits per heavy atom. The van der Waals surface area contributed by atoms with Crippen LogP contribution in [0.3, 0.4) is 0 Å². The van der Waals surface area contributed by atoms with Gasteiger partial charge in [0.15, 0.2) is 0 Å². The van der Waals surface area contributed by atoms with Gasteiger partial charge in [-0.2, -0.15) is 0 Å². The Morgan fingerprint density at radius 1 is 1.65 bits per heavy atom. The summed E-state index contributed by atoms with van der Waals surface area (Å²) in [4.78, 5) is 18.4. The van der Waals surface area contributed by atoms with Crippen molar-refractivity contribution in [2.75, 3.05) is 19.6 Å². The maximum Gasteiger partial charge on any atom is 0.273 e. The Bertz CT molecular complexity index is 548. The number of nitrogens with zero attached hydrogens (tertiary/aromatic N) is 2. The van der Waals surface area contributed by atoms with Gasteiger partial charge < -0.3 is 15.7 Å². The Hall–Kier alpha value is -1.90. The quantitative estimate of drug-likeness (QED) is 0.718. The van der Waals surface area contributed by atoms with Crippen molar-refractivity contribution >= 4 is 5.91 Å². The first-order valence-electron chi connectivity index (χ1n) is 6.74. The van der Waals surface area contributed by atoms with Gasteiger partial charge in [0, 0.05) is 19.3 Å². The molecule has 1 aliphatic rings. The van der Waals surface area contributed by atoms with E-state index in [1.165, 1.54) is 0 Å². The maximum absolute atomic E-state index is 12.5. The second kappa shape index (κ2) is 6.51. The van der Waals surface area contributed by atoms with Crippen molar-refractivity contribution in [3.05, 3.63) is 29.6 Å². The number of nitrogens with two attached hydrogens (primary N) is 1. The Labute approximate surface area is 118 Å². The predicted octanol–water partition coefficient (Wildman–Crippen LogP) is 0.235. The molecule has 0 aromatic carbocycles.